The summed E-state index contributed by atoms with van der Waals surface area (Å²) in [7, 11) is 0. The van der Waals surface area contributed by atoms with Crippen molar-refractivity contribution in [2.24, 2.45) is 0 Å². The summed E-state index contributed by atoms with van der Waals surface area (Å²) in [5, 5.41) is 11.7. The third kappa shape index (κ3) is 2.61. The molecule has 4 nitrogen and oxygen atoms in total. The van der Waals surface area contributed by atoms with E-state index in [2.05, 4.69) is 35.9 Å². The minimum absolute atomic E-state index is 0.0184. The molecule has 1 aliphatic heterocycles. The number of ether oxygens (including phenoxy) is 1. The molecule has 1 N–H and O–H groups in total. The zero-order valence-electron chi connectivity index (χ0n) is 12.6. The molecule has 2 heterocycles. The van der Waals surface area contributed by atoms with Gasteiger partial charge in [0.15, 0.2) is 0 Å². The maximum Gasteiger partial charge on any atom is 0.136 e. The summed E-state index contributed by atoms with van der Waals surface area (Å²) in [6, 6.07) is 8.53. The SMILES string of the molecule is CCC1COC(C)CN1c1ncc(CO)c2ccccc12. The Morgan fingerprint density at radius 2 is 2.10 bits per heavy atom. The minimum atomic E-state index is 0.0184. The van der Waals surface area contributed by atoms with E-state index in [1.165, 1.54) is 0 Å². The maximum absolute atomic E-state index is 9.50. The van der Waals surface area contributed by atoms with Crippen LogP contribution in [-0.2, 0) is 11.3 Å². The minimum Gasteiger partial charge on any atom is -0.392 e. The van der Waals surface area contributed by atoms with Gasteiger partial charge in [-0.3, -0.25) is 0 Å². The fraction of sp³-hybridized carbons (Fsp3) is 0.471. The monoisotopic (exact) mass is 286 g/mol. The number of anilines is 1. The number of hydrogen-bond donors (Lipinski definition) is 1. The van der Waals surface area contributed by atoms with Gasteiger partial charge in [-0.05, 0) is 18.7 Å². The highest BCUT2D eigenvalue weighted by molar-refractivity contribution is 5.94. The van der Waals surface area contributed by atoms with Crippen molar-refractivity contribution in [2.75, 3.05) is 18.1 Å². The standard InChI is InChI=1S/C17H22N2O2/c1-3-14-11-21-12(2)9-19(14)17-16-7-5-4-6-15(16)13(10-20)8-18-17/h4-8,12,14,20H,3,9-11H2,1-2H3. The first-order valence-corrected chi connectivity index (χ1v) is 7.60. The molecular weight excluding hydrogens is 264 g/mol. The van der Waals surface area contributed by atoms with E-state index in [0.29, 0.717) is 6.04 Å². The maximum atomic E-state index is 9.50. The van der Waals surface area contributed by atoms with E-state index in [9.17, 15) is 5.11 Å². The molecule has 112 valence electrons. The highest BCUT2D eigenvalue weighted by Gasteiger charge is 2.27. The normalized spacial score (nSPS) is 22.7. The summed E-state index contributed by atoms with van der Waals surface area (Å²) in [5.41, 5.74) is 0.878. The highest BCUT2D eigenvalue weighted by Crippen LogP contribution is 2.30. The van der Waals surface area contributed by atoms with Crippen LogP contribution < -0.4 is 4.90 Å². The lowest BCUT2D eigenvalue weighted by Gasteiger charge is -2.39. The Balaban J connectivity index is 2.11. The van der Waals surface area contributed by atoms with Gasteiger partial charge in [-0.2, -0.15) is 0 Å². The molecule has 4 heteroatoms. The van der Waals surface area contributed by atoms with Crippen molar-refractivity contribution in [2.45, 2.75) is 39.0 Å². The summed E-state index contributed by atoms with van der Waals surface area (Å²) in [6.45, 7) is 5.90. The lowest BCUT2D eigenvalue weighted by Crippen LogP contribution is -2.49. The number of hydrogen-bond acceptors (Lipinski definition) is 4. The molecule has 0 aliphatic carbocycles. The lowest BCUT2D eigenvalue weighted by molar-refractivity contribution is 0.0297. The number of fused-ring (bicyclic) bond motifs is 1. The summed E-state index contributed by atoms with van der Waals surface area (Å²) < 4.78 is 5.78. The molecular formula is C17H22N2O2. The number of pyridine rings is 1. The van der Waals surface area contributed by atoms with E-state index in [1.807, 2.05) is 12.1 Å². The van der Waals surface area contributed by atoms with Gasteiger partial charge in [-0.25, -0.2) is 4.98 Å². The van der Waals surface area contributed by atoms with Gasteiger partial charge < -0.3 is 14.7 Å². The van der Waals surface area contributed by atoms with E-state index >= 15 is 0 Å². The third-order valence-corrected chi connectivity index (χ3v) is 4.24. The highest BCUT2D eigenvalue weighted by atomic mass is 16.5. The average Bonchev–Trinajstić information content (AvgIpc) is 2.53. The average molecular weight is 286 g/mol. The molecule has 0 bridgehead atoms. The lowest BCUT2D eigenvalue weighted by atomic mass is 10.0. The largest absolute Gasteiger partial charge is 0.392 e. The van der Waals surface area contributed by atoms with E-state index in [1.54, 1.807) is 6.20 Å². The first kappa shape index (κ1) is 14.3. The van der Waals surface area contributed by atoms with E-state index in [0.717, 1.165) is 41.7 Å². The van der Waals surface area contributed by atoms with E-state index in [-0.39, 0.29) is 12.7 Å². The van der Waals surface area contributed by atoms with Crippen LogP contribution in [0.25, 0.3) is 10.8 Å². The van der Waals surface area contributed by atoms with Gasteiger partial charge in [-0.1, -0.05) is 31.2 Å². The Morgan fingerprint density at radius 3 is 2.81 bits per heavy atom. The van der Waals surface area contributed by atoms with Crippen molar-refractivity contribution in [3.8, 4) is 0 Å². The number of benzene rings is 1. The Morgan fingerprint density at radius 1 is 1.33 bits per heavy atom. The van der Waals surface area contributed by atoms with Gasteiger partial charge >= 0.3 is 0 Å². The van der Waals surface area contributed by atoms with Crippen molar-refractivity contribution in [3.63, 3.8) is 0 Å². The van der Waals surface area contributed by atoms with Crippen molar-refractivity contribution in [1.29, 1.82) is 0 Å². The van der Waals surface area contributed by atoms with Crippen LogP contribution in [0.5, 0.6) is 0 Å². The molecule has 0 saturated carbocycles. The second-order valence-corrected chi connectivity index (χ2v) is 5.67. The zero-order valence-corrected chi connectivity index (χ0v) is 12.6. The van der Waals surface area contributed by atoms with E-state index < -0.39 is 0 Å². The molecule has 0 spiro atoms. The third-order valence-electron chi connectivity index (χ3n) is 4.24. The number of aromatic nitrogens is 1. The zero-order chi connectivity index (χ0) is 14.8. The summed E-state index contributed by atoms with van der Waals surface area (Å²) >= 11 is 0. The molecule has 1 aliphatic rings. The number of rotatable bonds is 3. The first-order chi connectivity index (χ1) is 10.2. The quantitative estimate of drug-likeness (QED) is 0.942. The molecule has 1 aromatic heterocycles. The summed E-state index contributed by atoms with van der Waals surface area (Å²) in [5.74, 6) is 1.00. The van der Waals surface area contributed by atoms with Crippen LogP contribution >= 0.6 is 0 Å². The molecule has 2 aromatic rings. The van der Waals surface area contributed by atoms with Crippen molar-refractivity contribution in [3.05, 3.63) is 36.0 Å². The smallest absolute Gasteiger partial charge is 0.136 e. The predicted molar refractivity (Wildman–Crippen MR) is 84.5 cm³/mol. The van der Waals surface area contributed by atoms with Gasteiger partial charge in [0.1, 0.15) is 5.82 Å². The Kier molecular flexibility index (Phi) is 4.08. The number of morpholine rings is 1. The van der Waals surface area contributed by atoms with Gasteiger partial charge in [0.2, 0.25) is 0 Å². The topological polar surface area (TPSA) is 45.6 Å². The number of aliphatic hydroxyl groups is 1. The summed E-state index contributed by atoms with van der Waals surface area (Å²) in [4.78, 5) is 7.00. The Labute approximate surface area is 125 Å². The molecule has 21 heavy (non-hydrogen) atoms. The molecule has 2 unspecified atom stereocenters. The van der Waals surface area contributed by atoms with Gasteiger partial charge in [0.25, 0.3) is 0 Å². The van der Waals surface area contributed by atoms with Crippen molar-refractivity contribution in [1.82, 2.24) is 4.98 Å². The van der Waals surface area contributed by atoms with Crippen LogP contribution in [-0.4, -0.2) is 35.4 Å². The van der Waals surface area contributed by atoms with Crippen LogP contribution in [0.2, 0.25) is 0 Å². The molecule has 1 saturated heterocycles. The second kappa shape index (κ2) is 6.00. The van der Waals surface area contributed by atoms with Gasteiger partial charge in [0.05, 0.1) is 25.4 Å². The molecule has 0 amide bonds. The van der Waals surface area contributed by atoms with Crippen LogP contribution in [0, 0.1) is 0 Å². The molecule has 1 fully saturated rings. The number of aliphatic hydroxyl groups excluding tert-OH is 1. The van der Waals surface area contributed by atoms with Crippen LogP contribution in [0.3, 0.4) is 0 Å². The van der Waals surface area contributed by atoms with Crippen LogP contribution in [0.4, 0.5) is 5.82 Å². The molecule has 1 aromatic carbocycles. The molecule has 2 atom stereocenters. The summed E-state index contributed by atoms with van der Waals surface area (Å²) in [6.07, 6.45) is 3.04. The fourth-order valence-electron chi connectivity index (χ4n) is 3.03. The van der Waals surface area contributed by atoms with Crippen molar-refractivity contribution >= 4 is 16.6 Å². The van der Waals surface area contributed by atoms with Crippen LogP contribution in [0.1, 0.15) is 25.8 Å². The molecule has 3 rings (SSSR count). The Bertz CT molecular complexity index is 629. The molecule has 0 radical (unpaired) electrons. The van der Waals surface area contributed by atoms with Gasteiger partial charge in [0, 0.05) is 23.7 Å². The fourth-order valence-corrected chi connectivity index (χ4v) is 3.03. The first-order valence-electron chi connectivity index (χ1n) is 7.60. The number of nitrogens with zero attached hydrogens (tertiary/aromatic N) is 2. The van der Waals surface area contributed by atoms with E-state index in [4.69, 9.17) is 4.74 Å². The van der Waals surface area contributed by atoms with Gasteiger partial charge in [-0.15, -0.1) is 0 Å². The predicted octanol–water partition coefficient (Wildman–Crippen LogP) is 2.73. The second-order valence-electron chi connectivity index (χ2n) is 5.67. The van der Waals surface area contributed by atoms with Crippen molar-refractivity contribution < 1.29 is 9.84 Å². The Hall–Kier alpha value is -1.65. The van der Waals surface area contributed by atoms with Crippen LogP contribution in [0.15, 0.2) is 30.5 Å².